The Bertz CT molecular complexity index is 760. The lowest BCUT2D eigenvalue weighted by molar-refractivity contribution is -0.140. The highest BCUT2D eigenvalue weighted by molar-refractivity contribution is 5.69. The summed E-state index contributed by atoms with van der Waals surface area (Å²) in [5, 5.41) is 27.8. The molecule has 2 rings (SSSR count). The maximum absolute atomic E-state index is 11.4. The van der Waals surface area contributed by atoms with E-state index in [4.69, 9.17) is 4.74 Å². The molecule has 0 aliphatic carbocycles. The number of hydrogen-bond acceptors (Lipinski definition) is 8. The number of methoxy groups -OCH3 is 1. The van der Waals surface area contributed by atoms with E-state index in [1.54, 1.807) is 12.0 Å². The van der Waals surface area contributed by atoms with E-state index in [0.717, 1.165) is 11.3 Å². The lowest BCUT2D eigenvalue weighted by Gasteiger charge is -2.33. The summed E-state index contributed by atoms with van der Waals surface area (Å²) in [5.41, 5.74) is 1.05. The fourth-order valence-corrected chi connectivity index (χ4v) is 3.81. The molecule has 1 aliphatic heterocycles. The van der Waals surface area contributed by atoms with Crippen LogP contribution in [0.15, 0.2) is 24.3 Å². The van der Waals surface area contributed by atoms with Gasteiger partial charge in [-0.1, -0.05) is 12.1 Å². The van der Waals surface area contributed by atoms with Crippen molar-refractivity contribution in [1.82, 2.24) is 19.6 Å². The van der Waals surface area contributed by atoms with E-state index in [-0.39, 0.29) is 19.6 Å². The highest BCUT2D eigenvalue weighted by Gasteiger charge is 2.20. The number of aliphatic carboxylic acids is 3. The van der Waals surface area contributed by atoms with Crippen LogP contribution < -0.4 is 4.74 Å². The summed E-state index contributed by atoms with van der Waals surface area (Å²) in [4.78, 5) is 41.5. The molecule has 0 radical (unpaired) electrons. The van der Waals surface area contributed by atoms with Crippen LogP contribution in [0.4, 0.5) is 0 Å². The van der Waals surface area contributed by atoms with Gasteiger partial charge in [0.25, 0.3) is 0 Å². The molecule has 0 saturated carbocycles. The van der Waals surface area contributed by atoms with Gasteiger partial charge in [-0.2, -0.15) is 0 Å². The average Bonchev–Trinajstić information content (AvgIpc) is 2.74. The molecule has 3 N–H and O–H groups in total. The summed E-state index contributed by atoms with van der Waals surface area (Å²) in [5.74, 6) is -2.08. The van der Waals surface area contributed by atoms with E-state index in [0.29, 0.717) is 58.9 Å². The number of carboxylic acid groups (broad SMARTS) is 3. The van der Waals surface area contributed by atoms with Gasteiger partial charge in [-0.25, -0.2) is 0 Å². The quantitative estimate of drug-likeness (QED) is 0.442. The number of rotatable bonds is 9. The molecule has 1 saturated heterocycles. The van der Waals surface area contributed by atoms with Crippen LogP contribution in [0.3, 0.4) is 0 Å². The average molecular weight is 467 g/mol. The molecular formula is C22H34N4O7. The number of carboxylic acids is 3. The molecule has 11 nitrogen and oxygen atoms in total. The number of carbonyl (C=O) groups is 3. The van der Waals surface area contributed by atoms with Crippen molar-refractivity contribution < 1.29 is 34.4 Å². The Kier molecular flexibility index (Phi) is 11.0. The van der Waals surface area contributed by atoms with Gasteiger partial charge in [0.1, 0.15) is 5.75 Å². The van der Waals surface area contributed by atoms with Crippen molar-refractivity contribution in [2.75, 3.05) is 79.1 Å². The maximum atomic E-state index is 11.4. The predicted octanol–water partition coefficient (Wildman–Crippen LogP) is -0.329. The first kappa shape index (κ1) is 26.5. The van der Waals surface area contributed by atoms with Crippen LogP contribution in [-0.2, 0) is 20.9 Å². The van der Waals surface area contributed by atoms with Gasteiger partial charge in [0.2, 0.25) is 0 Å². The van der Waals surface area contributed by atoms with E-state index < -0.39 is 17.9 Å². The third-order valence-corrected chi connectivity index (χ3v) is 5.55. The largest absolute Gasteiger partial charge is 0.497 e. The normalized spacial score (nSPS) is 18.2. The number of ether oxygens (including phenoxy) is 1. The Morgan fingerprint density at radius 3 is 1.48 bits per heavy atom. The van der Waals surface area contributed by atoms with Gasteiger partial charge in [-0.3, -0.25) is 34.0 Å². The minimum Gasteiger partial charge on any atom is -0.497 e. The molecule has 0 aromatic heterocycles. The molecule has 1 aliphatic rings. The fourth-order valence-electron chi connectivity index (χ4n) is 3.81. The first-order chi connectivity index (χ1) is 15.7. The molecule has 1 heterocycles. The highest BCUT2D eigenvalue weighted by atomic mass is 16.5. The van der Waals surface area contributed by atoms with Crippen molar-refractivity contribution in [2.24, 2.45) is 0 Å². The van der Waals surface area contributed by atoms with Crippen LogP contribution in [0.25, 0.3) is 0 Å². The standard InChI is InChI=1S/C22H34N4O7/c1-33-19-4-2-3-18(13-19)14-23-5-7-24(15-20(27)28)9-11-26(17-22(31)32)12-10-25(8-6-23)16-21(29)30/h2-4,13H,5-12,14-17H2,1H3,(H,27,28)(H,29,30)(H,31,32). The van der Waals surface area contributed by atoms with Gasteiger partial charge >= 0.3 is 17.9 Å². The van der Waals surface area contributed by atoms with Crippen molar-refractivity contribution >= 4 is 17.9 Å². The minimum absolute atomic E-state index is 0.126. The fraction of sp³-hybridized carbons (Fsp3) is 0.591. The van der Waals surface area contributed by atoms with Gasteiger partial charge < -0.3 is 20.1 Å². The van der Waals surface area contributed by atoms with E-state index in [1.807, 2.05) is 34.1 Å². The maximum Gasteiger partial charge on any atom is 0.317 e. The molecule has 0 spiro atoms. The zero-order valence-electron chi connectivity index (χ0n) is 19.1. The molecule has 0 unspecified atom stereocenters. The van der Waals surface area contributed by atoms with Crippen LogP contribution in [0.1, 0.15) is 5.56 Å². The first-order valence-corrected chi connectivity index (χ1v) is 10.9. The smallest absolute Gasteiger partial charge is 0.317 e. The molecule has 0 atom stereocenters. The van der Waals surface area contributed by atoms with Crippen molar-refractivity contribution in [3.05, 3.63) is 29.8 Å². The monoisotopic (exact) mass is 466 g/mol. The Labute approximate surface area is 193 Å². The molecular weight excluding hydrogens is 432 g/mol. The Morgan fingerprint density at radius 1 is 0.727 bits per heavy atom. The third-order valence-electron chi connectivity index (χ3n) is 5.55. The van der Waals surface area contributed by atoms with Crippen LogP contribution in [0, 0.1) is 0 Å². The SMILES string of the molecule is COc1cccc(CN2CCN(CC(=O)O)CCN(CC(=O)O)CCN(CC(=O)O)CC2)c1. The number of nitrogens with zero attached hydrogens (tertiary/aromatic N) is 4. The van der Waals surface area contributed by atoms with Crippen LogP contribution >= 0.6 is 0 Å². The Hall–Kier alpha value is -2.73. The van der Waals surface area contributed by atoms with Crippen LogP contribution in [0.5, 0.6) is 5.75 Å². The van der Waals surface area contributed by atoms with E-state index in [2.05, 4.69) is 4.90 Å². The predicted molar refractivity (Wildman–Crippen MR) is 120 cm³/mol. The van der Waals surface area contributed by atoms with Gasteiger partial charge in [-0.15, -0.1) is 0 Å². The molecule has 1 aromatic carbocycles. The summed E-state index contributed by atoms with van der Waals surface area (Å²) in [7, 11) is 1.61. The Balaban J connectivity index is 2.17. The van der Waals surface area contributed by atoms with Crippen molar-refractivity contribution in [3.63, 3.8) is 0 Å². The van der Waals surface area contributed by atoms with Crippen LogP contribution in [-0.4, -0.2) is 132 Å². The first-order valence-electron chi connectivity index (χ1n) is 10.9. The van der Waals surface area contributed by atoms with Gasteiger partial charge in [0.05, 0.1) is 26.7 Å². The second-order valence-electron chi connectivity index (χ2n) is 8.14. The lowest BCUT2D eigenvalue weighted by Crippen LogP contribution is -2.48. The third kappa shape index (κ3) is 10.6. The minimum atomic E-state index is -0.971. The molecule has 1 aromatic rings. The van der Waals surface area contributed by atoms with Crippen LogP contribution in [0.2, 0.25) is 0 Å². The van der Waals surface area contributed by atoms with E-state index >= 15 is 0 Å². The summed E-state index contributed by atoms with van der Waals surface area (Å²) >= 11 is 0. The van der Waals surface area contributed by atoms with E-state index in [9.17, 15) is 29.7 Å². The Morgan fingerprint density at radius 2 is 1.12 bits per heavy atom. The second kappa shape index (κ2) is 13.7. The summed E-state index contributed by atoms with van der Waals surface area (Å²) in [6, 6.07) is 7.72. The topological polar surface area (TPSA) is 134 Å². The number of benzene rings is 1. The molecule has 11 heteroatoms. The molecule has 1 fully saturated rings. The highest BCUT2D eigenvalue weighted by Crippen LogP contribution is 2.14. The molecule has 33 heavy (non-hydrogen) atoms. The van der Waals surface area contributed by atoms with E-state index in [1.165, 1.54) is 0 Å². The van der Waals surface area contributed by atoms with Crippen molar-refractivity contribution in [2.45, 2.75) is 6.54 Å². The summed E-state index contributed by atoms with van der Waals surface area (Å²) in [6.45, 7) is 3.94. The number of hydrogen-bond donors (Lipinski definition) is 3. The summed E-state index contributed by atoms with van der Waals surface area (Å²) < 4.78 is 5.30. The zero-order chi connectivity index (χ0) is 24.2. The lowest BCUT2D eigenvalue weighted by atomic mass is 10.2. The van der Waals surface area contributed by atoms with Crippen molar-refractivity contribution in [1.29, 1.82) is 0 Å². The zero-order valence-corrected chi connectivity index (χ0v) is 19.1. The second-order valence-corrected chi connectivity index (χ2v) is 8.14. The van der Waals surface area contributed by atoms with Gasteiger partial charge in [-0.05, 0) is 17.7 Å². The van der Waals surface area contributed by atoms with Gasteiger partial charge in [0, 0.05) is 58.9 Å². The molecule has 184 valence electrons. The van der Waals surface area contributed by atoms with Gasteiger partial charge in [0.15, 0.2) is 0 Å². The summed E-state index contributed by atoms with van der Waals surface area (Å²) in [6.07, 6.45) is 0. The van der Waals surface area contributed by atoms with Crippen molar-refractivity contribution in [3.8, 4) is 5.75 Å². The molecule has 0 amide bonds. The molecule has 0 bridgehead atoms.